The van der Waals surface area contributed by atoms with Crippen LogP contribution in [0.4, 0.5) is 0 Å². The first-order valence-electron chi connectivity index (χ1n) is 11.1. The van der Waals surface area contributed by atoms with Crippen LogP contribution >= 0.6 is 11.6 Å². The van der Waals surface area contributed by atoms with Gasteiger partial charge in [0, 0.05) is 22.7 Å². The quantitative estimate of drug-likeness (QED) is 0.373. The molecule has 0 spiro atoms. The van der Waals surface area contributed by atoms with Crippen LogP contribution in [0.3, 0.4) is 0 Å². The van der Waals surface area contributed by atoms with Crippen LogP contribution in [0.15, 0.2) is 60.7 Å². The molecule has 0 saturated heterocycles. The minimum atomic E-state index is -0.456. The van der Waals surface area contributed by atoms with Crippen molar-refractivity contribution in [2.24, 2.45) is 0 Å². The smallest absolute Gasteiger partial charge is 0.273 e. The average Bonchev–Trinajstić information content (AvgIpc) is 3.41. The third kappa shape index (κ3) is 3.98. The molecular formula is C27H24ClN3O4. The maximum Gasteiger partial charge on any atom is 0.273 e. The predicted molar refractivity (Wildman–Crippen MR) is 133 cm³/mol. The Morgan fingerprint density at radius 1 is 1.06 bits per heavy atom. The molecule has 178 valence electrons. The number of fused-ring (bicyclic) bond motifs is 1. The number of H-pyrrole nitrogens is 1. The molecule has 1 atom stereocenters. The highest BCUT2D eigenvalue weighted by Gasteiger charge is 2.42. The van der Waals surface area contributed by atoms with Crippen LogP contribution in [-0.4, -0.2) is 40.3 Å². The molecule has 0 fully saturated rings. The summed E-state index contributed by atoms with van der Waals surface area (Å²) >= 11 is 6.38. The molecule has 1 aromatic heterocycles. The summed E-state index contributed by atoms with van der Waals surface area (Å²) in [7, 11) is 3.22. The first kappa shape index (κ1) is 22.8. The van der Waals surface area contributed by atoms with Crippen LogP contribution in [0.2, 0.25) is 5.02 Å². The number of benzene rings is 3. The van der Waals surface area contributed by atoms with Crippen LogP contribution in [0.1, 0.15) is 38.8 Å². The second kappa shape index (κ2) is 9.00. The lowest BCUT2D eigenvalue weighted by Crippen LogP contribution is -2.29. The maximum absolute atomic E-state index is 13.6. The maximum atomic E-state index is 13.6. The van der Waals surface area contributed by atoms with Gasteiger partial charge < -0.3 is 19.5 Å². The largest absolute Gasteiger partial charge is 0.507 e. The zero-order chi connectivity index (χ0) is 24.7. The standard InChI is InChI=1S/C27H24ClN3O4/c1-15-11-22(32)20(13-21(15)28)24-23-25(30-29-24)27(33)31(14-16-7-9-18(34-2)10-8-16)26(23)17-5-4-6-19(12-17)35-3/h4-13,26,32H,14H2,1-3H3,(H,29,30). The van der Waals surface area contributed by atoms with Crippen LogP contribution < -0.4 is 9.47 Å². The van der Waals surface area contributed by atoms with Crippen molar-refractivity contribution in [2.75, 3.05) is 14.2 Å². The van der Waals surface area contributed by atoms with E-state index in [4.69, 9.17) is 21.1 Å². The molecule has 7 nitrogen and oxygen atoms in total. The number of halogens is 1. The van der Waals surface area contributed by atoms with Gasteiger partial charge in [0.25, 0.3) is 5.91 Å². The number of phenols is 1. The van der Waals surface area contributed by atoms with Gasteiger partial charge >= 0.3 is 0 Å². The molecule has 5 rings (SSSR count). The van der Waals surface area contributed by atoms with E-state index in [-0.39, 0.29) is 11.7 Å². The number of carbonyl (C=O) groups excluding carboxylic acids is 1. The summed E-state index contributed by atoms with van der Waals surface area (Å²) < 4.78 is 10.7. The van der Waals surface area contributed by atoms with Crippen LogP contribution in [0.5, 0.6) is 17.2 Å². The lowest BCUT2D eigenvalue weighted by molar-refractivity contribution is 0.0730. The second-order valence-electron chi connectivity index (χ2n) is 8.44. The number of ether oxygens (including phenoxy) is 2. The number of hydrogen-bond acceptors (Lipinski definition) is 5. The van der Waals surface area contributed by atoms with E-state index >= 15 is 0 Å². The second-order valence-corrected chi connectivity index (χ2v) is 8.85. The van der Waals surface area contributed by atoms with Crippen LogP contribution in [0, 0.1) is 6.92 Å². The van der Waals surface area contributed by atoms with Gasteiger partial charge in [-0.05, 0) is 60.0 Å². The summed E-state index contributed by atoms with van der Waals surface area (Å²) in [6.07, 6.45) is 0. The van der Waals surface area contributed by atoms with Crippen molar-refractivity contribution in [2.45, 2.75) is 19.5 Å². The number of carbonyl (C=O) groups is 1. The molecule has 1 aliphatic rings. The fourth-order valence-electron chi connectivity index (χ4n) is 4.51. The molecule has 2 heterocycles. The summed E-state index contributed by atoms with van der Waals surface area (Å²) in [5.74, 6) is 1.29. The van der Waals surface area contributed by atoms with Crippen molar-refractivity contribution in [1.82, 2.24) is 15.1 Å². The predicted octanol–water partition coefficient (Wildman–Crippen LogP) is 5.51. The molecule has 0 saturated carbocycles. The Hall–Kier alpha value is -3.97. The van der Waals surface area contributed by atoms with E-state index in [0.717, 1.165) is 22.4 Å². The minimum Gasteiger partial charge on any atom is -0.507 e. The van der Waals surface area contributed by atoms with Gasteiger partial charge in [-0.3, -0.25) is 9.89 Å². The van der Waals surface area contributed by atoms with Crippen molar-refractivity contribution in [3.8, 4) is 28.5 Å². The number of hydrogen-bond donors (Lipinski definition) is 2. The van der Waals surface area contributed by atoms with Crippen LogP contribution in [-0.2, 0) is 6.54 Å². The number of aryl methyl sites for hydroxylation is 1. The fourth-order valence-corrected chi connectivity index (χ4v) is 4.67. The van der Waals surface area contributed by atoms with Crippen molar-refractivity contribution >= 4 is 17.5 Å². The Bertz CT molecular complexity index is 1410. The number of amides is 1. The van der Waals surface area contributed by atoms with E-state index in [0.29, 0.717) is 39.8 Å². The Morgan fingerprint density at radius 3 is 2.51 bits per heavy atom. The molecule has 1 amide bonds. The summed E-state index contributed by atoms with van der Waals surface area (Å²) in [5.41, 5.74) is 4.59. The summed E-state index contributed by atoms with van der Waals surface area (Å²) in [4.78, 5) is 15.4. The number of aromatic hydroxyl groups is 1. The number of nitrogens with one attached hydrogen (secondary N) is 1. The molecule has 2 N–H and O–H groups in total. The zero-order valence-corrected chi connectivity index (χ0v) is 20.3. The van der Waals surface area contributed by atoms with Crippen molar-refractivity contribution in [1.29, 1.82) is 0 Å². The van der Waals surface area contributed by atoms with Gasteiger partial charge in [0.1, 0.15) is 28.6 Å². The molecule has 0 radical (unpaired) electrons. The monoisotopic (exact) mass is 489 g/mol. The molecular weight excluding hydrogens is 466 g/mol. The van der Waals surface area contributed by atoms with Gasteiger partial charge in [0.15, 0.2) is 0 Å². The van der Waals surface area contributed by atoms with Gasteiger partial charge in [-0.25, -0.2) is 0 Å². The Balaban J connectivity index is 1.65. The molecule has 4 aromatic rings. The van der Waals surface area contributed by atoms with E-state index < -0.39 is 6.04 Å². The van der Waals surface area contributed by atoms with Crippen LogP contribution in [0.25, 0.3) is 11.3 Å². The van der Waals surface area contributed by atoms with Gasteiger partial charge in [0.05, 0.1) is 20.3 Å². The lowest BCUT2D eigenvalue weighted by Gasteiger charge is -2.27. The van der Waals surface area contributed by atoms with Crippen molar-refractivity contribution < 1.29 is 19.4 Å². The average molecular weight is 490 g/mol. The lowest BCUT2D eigenvalue weighted by atomic mass is 9.95. The minimum absolute atomic E-state index is 0.0478. The molecule has 0 aliphatic carbocycles. The van der Waals surface area contributed by atoms with Gasteiger partial charge in [0.2, 0.25) is 0 Å². The zero-order valence-electron chi connectivity index (χ0n) is 19.5. The Morgan fingerprint density at radius 2 is 1.80 bits per heavy atom. The van der Waals surface area contributed by atoms with Gasteiger partial charge in [-0.2, -0.15) is 5.10 Å². The number of methoxy groups -OCH3 is 2. The topological polar surface area (TPSA) is 87.7 Å². The first-order valence-corrected chi connectivity index (χ1v) is 11.4. The van der Waals surface area contributed by atoms with Gasteiger partial charge in [-0.15, -0.1) is 0 Å². The molecule has 3 aromatic carbocycles. The number of phenolic OH excluding ortho intramolecular Hbond substituents is 1. The number of aromatic nitrogens is 2. The number of rotatable bonds is 6. The summed E-state index contributed by atoms with van der Waals surface area (Å²) in [6.45, 7) is 2.19. The number of aromatic amines is 1. The van der Waals surface area contributed by atoms with E-state index in [1.807, 2.05) is 55.5 Å². The Labute approximate surface area is 207 Å². The van der Waals surface area contributed by atoms with Crippen molar-refractivity contribution in [3.05, 3.63) is 93.6 Å². The summed E-state index contributed by atoms with van der Waals surface area (Å²) in [6, 6.07) is 18.1. The third-order valence-corrected chi connectivity index (χ3v) is 6.72. The van der Waals surface area contributed by atoms with E-state index in [2.05, 4.69) is 10.2 Å². The third-order valence-electron chi connectivity index (χ3n) is 6.32. The molecule has 35 heavy (non-hydrogen) atoms. The highest BCUT2D eigenvalue weighted by molar-refractivity contribution is 6.31. The SMILES string of the molecule is COc1ccc(CN2C(=O)c3[nH]nc(-c4cc(Cl)c(C)cc4O)c3C2c2cccc(OC)c2)cc1. The molecule has 1 aliphatic heterocycles. The number of nitrogens with zero attached hydrogens (tertiary/aromatic N) is 2. The Kier molecular flexibility index (Phi) is 5.86. The first-order chi connectivity index (χ1) is 16.9. The van der Waals surface area contributed by atoms with Gasteiger partial charge in [-0.1, -0.05) is 35.9 Å². The highest BCUT2D eigenvalue weighted by atomic mass is 35.5. The normalized spacial score (nSPS) is 14.8. The molecule has 0 bridgehead atoms. The van der Waals surface area contributed by atoms with E-state index in [9.17, 15) is 9.90 Å². The van der Waals surface area contributed by atoms with E-state index in [1.165, 1.54) is 0 Å². The molecule has 8 heteroatoms. The van der Waals surface area contributed by atoms with E-state index in [1.54, 1.807) is 31.3 Å². The fraction of sp³-hybridized carbons (Fsp3) is 0.185. The van der Waals surface area contributed by atoms with Crippen molar-refractivity contribution in [3.63, 3.8) is 0 Å². The molecule has 1 unspecified atom stereocenters. The highest BCUT2D eigenvalue weighted by Crippen LogP contribution is 2.46. The summed E-state index contributed by atoms with van der Waals surface area (Å²) in [5, 5.41) is 18.6.